The van der Waals surface area contributed by atoms with E-state index in [-0.39, 0.29) is 34.8 Å². The first-order chi connectivity index (χ1) is 12.6. The van der Waals surface area contributed by atoms with Gasteiger partial charge < -0.3 is 14.2 Å². The largest absolute Gasteiger partial charge is 0.459 e. The van der Waals surface area contributed by atoms with Crippen LogP contribution in [-0.4, -0.2) is 35.6 Å². The Morgan fingerprint density at radius 1 is 1.23 bits per heavy atom. The number of hydrogen-bond acceptors (Lipinski definition) is 5. The van der Waals surface area contributed by atoms with Gasteiger partial charge in [0.1, 0.15) is 11.9 Å². The second kappa shape index (κ2) is 7.79. The molecular formula is C20H23BrO5. The molecule has 1 aromatic carbocycles. The van der Waals surface area contributed by atoms with Gasteiger partial charge in [0.25, 0.3) is 0 Å². The zero-order valence-electron chi connectivity index (χ0n) is 14.5. The molecule has 1 aliphatic heterocycles. The van der Waals surface area contributed by atoms with E-state index < -0.39 is 12.1 Å². The van der Waals surface area contributed by atoms with Crippen molar-refractivity contribution < 1.29 is 23.8 Å². The van der Waals surface area contributed by atoms with Crippen LogP contribution in [0.2, 0.25) is 0 Å². The molecule has 1 aromatic rings. The molecule has 0 amide bonds. The quantitative estimate of drug-likeness (QED) is 0.536. The predicted molar refractivity (Wildman–Crippen MR) is 97.7 cm³/mol. The van der Waals surface area contributed by atoms with E-state index in [9.17, 15) is 9.59 Å². The number of ketones is 1. The molecule has 0 bridgehead atoms. The van der Waals surface area contributed by atoms with Gasteiger partial charge in [-0.15, -0.1) is 0 Å². The molecule has 1 heterocycles. The summed E-state index contributed by atoms with van der Waals surface area (Å²) < 4.78 is 17.4. The van der Waals surface area contributed by atoms with Gasteiger partial charge in [0, 0.05) is 18.9 Å². The highest BCUT2D eigenvalue weighted by atomic mass is 79.9. The van der Waals surface area contributed by atoms with Crippen molar-refractivity contribution in [3.05, 3.63) is 35.9 Å². The van der Waals surface area contributed by atoms with Crippen LogP contribution in [-0.2, 0) is 23.8 Å². The Hall–Kier alpha value is -1.24. The summed E-state index contributed by atoms with van der Waals surface area (Å²) in [6, 6.07) is 9.38. The lowest BCUT2D eigenvalue weighted by Crippen LogP contribution is -2.37. The van der Waals surface area contributed by atoms with Gasteiger partial charge in [-0.25, -0.2) is 4.79 Å². The predicted octanol–water partition coefficient (Wildman–Crippen LogP) is 3.56. The van der Waals surface area contributed by atoms with E-state index in [0.29, 0.717) is 19.4 Å². The summed E-state index contributed by atoms with van der Waals surface area (Å²) in [4.78, 5) is 24.7. The second-order valence-corrected chi connectivity index (χ2v) is 8.38. The molecule has 5 nitrogen and oxygen atoms in total. The molecule has 0 radical (unpaired) electrons. The lowest BCUT2D eigenvalue weighted by Gasteiger charge is -2.30. The van der Waals surface area contributed by atoms with Crippen molar-refractivity contribution in [2.45, 2.75) is 55.4 Å². The average Bonchev–Trinajstić information content (AvgIpc) is 2.92. The number of hydrogen-bond donors (Lipinski definition) is 0. The number of rotatable bonds is 5. The summed E-state index contributed by atoms with van der Waals surface area (Å²) in [5.74, 6) is 0.200. The number of halogens is 1. The Labute approximate surface area is 161 Å². The van der Waals surface area contributed by atoms with E-state index in [1.807, 2.05) is 30.3 Å². The third-order valence-electron chi connectivity index (χ3n) is 5.63. The maximum Gasteiger partial charge on any atom is 0.340 e. The van der Waals surface area contributed by atoms with E-state index in [1.165, 1.54) is 0 Å². The number of carbonyl (C=O) groups excluding carboxylic acids is 2. The number of ether oxygens (including phenoxy) is 3. The van der Waals surface area contributed by atoms with Crippen LogP contribution in [0, 0.1) is 11.8 Å². The molecular weight excluding hydrogens is 400 g/mol. The minimum absolute atomic E-state index is 0.0370. The van der Waals surface area contributed by atoms with Crippen LogP contribution in [0.3, 0.4) is 0 Å². The molecule has 4 rings (SSSR count). The van der Waals surface area contributed by atoms with Crippen molar-refractivity contribution in [2.24, 2.45) is 11.8 Å². The molecule has 0 aromatic heterocycles. The molecule has 3 fully saturated rings. The molecule has 2 aliphatic carbocycles. The van der Waals surface area contributed by atoms with Crippen LogP contribution in [0.4, 0.5) is 0 Å². The molecule has 0 N–H and O–H groups in total. The van der Waals surface area contributed by atoms with Crippen LogP contribution >= 0.6 is 15.9 Å². The lowest BCUT2D eigenvalue weighted by atomic mass is 9.75. The van der Waals surface area contributed by atoms with E-state index >= 15 is 0 Å². The molecule has 6 atom stereocenters. The first-order valence-corrected chi connectivity index (χ1v) is 10.2. The molecule has 0 unspecified atom stereocenters. The van der Waals surface area contributed by atoms with Gasteiger partial charge in [-0.05, 0) is 37.2 Å². The van der Waals surface area contributed by atoms with E-state index in [1.54, 1.807) is 0 Å². The molecule has 6 heteroatoms. The summed E-state index contributed by atoms with van der Waals surface area (Å²) in [6.07, 6.45) is 2.53. The number of benzene rings is 1. The van der Waals surface area contributed by atoms with Gasteiger partial charge in [-0.2, -0.15) is 0 Å². The van der Waals surface area contributed by atoms with E-state index in [0.717, 1.165) is 24.8 Å². The summed E-state index contributed by atoms with van der Waals surface area (Å²) in [5, 5.41) is 0. The van der Waals surface area contributed by atoms with Crippen molar-refractivity contribution in [1.82, 2.24) is 0 Å². The van der Waals surface area contributed by atoms with Crippen molar-refractivity contribution in [3.8, 4) is 0 Å². The van der Waals surface area contributed by atoms with Gasteiger partial charge >= 0.3 is 5.97 Å². The van der Waals surface area contributed by atoms with Gasteiger partial charge in [0.15, 0.2) is 12.4 Å². The summed E-state index contributed by atoms with van der Waals surface area (Å²) in [5.41, 5.74) is 0.759. The third-order valence-corrected chi connectivity index (χ3v) is 6.90. The Morgan fingerprint density at radius 3 is 2.69 bits per heavy atom. The SMILES string of the molecule is O=C1C[C@@H]2[C@@H](Br)[C@H](OC(=O)[C@H](O[C@H]3CCCCO3)c3ccccc3)C[C@H]12. The van der Waals surface area contributed by atoms with Crippen molar-refractivity contribution in [3.63, 3.8) is 0 Å². The van der Waals surface area contributed by atoms with E-state index in [2.05, 4.69) is 15.9 Å². The monoisotopic (exact) mass is 422 g/mol. The topological polar surface area (TPSA) is 61.8 Å². The smallest absolute Gasteiger partial charge is 0.340 e. The summed E-state index contributed by atoms with van der Waals surface area (Å²) in [6.45, 7) is 0.652. The van der Waals surface area contributed by atoms with Crippen LogP contribution in [0.25, 0.3) is 0 Å². The molecule has 140 valence electrons. The first-order valence-electron chi connectivity index (χ1n) is 9.33. The van der Waals surface area contributed by atoms with E-state index in [4.69, 9.17) is 14.2 Å². The van der Waals surface area contributed by atoms with Crippen LogP contribution in [0.5, 0.6) is 0 Å². The standard InChI is InChI=1S/C20H23BrO5/c21-18-14-10-15(22)13(14)11-16(18)25-20(23)19(12-6-2-1-3-7-12)26-17-8-4-5-9-24-17/h1-3,6-7,13-14,16-19H,4-5,8-11H2/t13-,14-,16+,17-,18+,19+/m0/s1. The molecule has 26 heavy (non-hydrogen) atoms. The fourth-order valence-corrected chi connectivity index (χ4v) is 4.97. The third kappa shape index (κ3) is 3.59. The highest BCUT2D eigenvalue weighted by Crippen LogP contribution is 2.49. The zero-order chi connectivity index (χ0) is 18.1. The number of esters is 1. The van der Waals surface area contributed by atoms with Crippen molar-refractivity contribution in [1.29, 1.82) is 0 Å². The first kappa shape index (κ1) is 18.1. The number of carbonyl (C=O) groups is 2. The molecule has 2 saturated carbocycles. The van der Waals surface area contributed by atoms with Crippen LogP contribution < -0.4 is 0 Å². The van der Waals surface area contributed by atoms with Crippen molar-refractivity contribution >= 4 is 27.7 Å². The Balaban J connectivity index is 1.46. The van der Waals surface area contributed by atoms with Crippen LogP contribution in [0.1, 0.15) is 43.8 Å². The maximum absolute atomic E-state index is 12.9. The number of Topliss-reactive ketones (excluding diaryl/α,β-unsaturated/α-hetero) is 1. The van der Waals surface area contributed by atoms with Crippen molar-refractivity contribution in [2.75, 3.05) is 6.61 Å². The number of alkyl halides is 1. The molecule has 3 aliphatic rings. The molecule has 0 spiro atoms. The normalized spacial score (nSPS) is 34.7. The summed E-state index contributed by atoms with van der Waals surface area (Å²) in [7, 11) is 0. The highest BCUT2D eigenvalue weighted by Gasteiger charge is 2.54. The molecule has 1 saturated heterocycles. The Bertz CT molecular complexity index is 657. The fraction of sp³-hybridized carbons (Fsp3) is 0.600. The maximum atomic E-state index is 12.9. The fourth-order valence-electron chi connectivity index (χ4n) is 4.09. The van der Waals surface area contributed by atoms with Gasteiger partial charge in [-0.1, -0.05) is 46.3 Å². The van der Waals surface area contributed by atoms with Crippen LogP contribution in [0.15, 0.2) is 30.3 Å². The van der Waals surface area contributed by atoms with Gasteiger partial charge in [-0.3, -0.25) is 4.79 Å². The minimum Gasteiger partial charge on any atom is -0.459 e. The highest BCUT2D eigenvalue weighted by molar-refractivity contribution is 9.09. The average molecular weight is 423 g/mol. The Kier molecular flexibility index (Phi) is 5.43. The Morgan fingerprint density at radius 2 is 2.04 bits per heavy atom. The minimum atomic E-state index is -0.812. The number of fused-ring (bicyclic) bond motifs is 1. The zero-order valence-corrected chi connectivity index (χ0v) is 16.1. The lowest BCUT2D eigenvalue weighted by molar-refractivity contribution is -0.207. The summed E-state index contributed by atoms with van der Waals surface area (Å²) >= 11 is 3.63. The second-order valence-electron chi connectivity index (χ2n) is 7.32. The van der Waals surface area contributed by atoms with Gasteiger partial charge in [0.2, 0.25) is 0 Å². The van der Waals surface area contributed by atoms with Gasteiger partial charge in [0.05, 0.1) is 4.83 Å².